The van der Waals surface area contributed by atoms with Crippen molar-refractivity contribution < 1.29 is 18.3 Å². The van der Waals surface area contributed by atoms with Crippen molar-refractivity contribution in [2.24, 2.45) is 0 Å². The van der Waals surface area contributed by atoms with Crippen LogP contribution in [0.4, 0.5) is 5.69 Å². The third kappa shape index (κ3) is 5.26. The predicted octanol–water partition coefficient (Wildman–Crippen LogP) is 2.80. The zero-order valence-corrected chi connectivity index (χ0v) is 12.2. The van der Waals surface area contributed by atoms with Crippen molar-refractivity contribution in [2.45, 2.75) is 12.8 Å². The van der Waals surface area contributed by atoms with Gasteiger partial charge in [0.1, 0.15) is 0 Å². The predicted molar refractivity (Wildman–Crippen MR) is 75.8 cm³/mol. The number of rotatable bonds is 7. The SMILES string of the molecule is O=C(O)c1cc(NS(=O)(=O)CCCCCl)ccc1Cl. The third-order valence-corrected chi connectivity index (χ3v) is 4.24. The van der Waals surface area contributed by atoms with Gasteiger partial charge in [0.25, 0.3) is 0 Å². The molecule has 0 amide bonds. The first-order valence-electron chi connectivity index (χ1n) is 5.45. The molecule has 0 aromatic heterocycles. The molecule has 0 aliphatic heterocycles. The number of hydrogen-bond acceptors (Lipinski definition) is 3. The Labute approximate surface area is 121 Å². The molecule has 5 nitrogen and oxygen atoms in total. The average molecular weight is 326 g/mol. The van der Waals surface area contributed by atoms with E-state index in [1.165, 1.54) is 18.2 Å². The van der Waals surface area contributed by atoms with Gasteiger partial charge in [-0.1, -0.05) is 11.6 Å². The monoisotopic (exact) mass is 325 g/mol. The van der Waals surface area contributed by atoms with E-state index in [0.29, 0.717) is 18.7 Å². The van der Waals surface area contributed by atoms with Gasteiger partial charge in [0.2, 0.25) is 10.0 Å². The number of sulfonamides is 1. The highest BCUT2D eigenvalue weighted by atomic mass is 35.5. The number of halogens is 2. The number of carboxylic acids is 1. The first kappa shape index (κ1) is 16.1. The van der Waals surface area contributed by atoms with Gasteiger partial charge in [-0.05, 0) is 31.0 Å². The molecule has 0 radical (unpaired) electrons. The number of hydrogen-bond donors (Lipinski definition) is 2. The van der Waals surface area contributed by atoms with E-state index >= 15 is 0 Å². The molecule has 19 heavy (non-hydrogen) atoms. The lowest BCUT2D eigenvalue weighted by atomic mass is 10.2. The molecule has 0 atom stereocenters. The number of anilines is 1. The average Bonchev–Trinajstić information content (AvgIpc) is 2.31. The highest BCUT2D eigenvalue weighted by molar-refractivity contribution is 7.92. The van der Waals surface area contributed by atoms with Crippen LogP contribution in [0, 0.1) is 0 Å². The molecule has 0 aliphatic carbocycles. The summed E-state index contributed by atoms with van der Waals surface area (Å²) in [6.07, 6.45) is 1.04. The molecule has 0 spiro atoms. The number of carbonyl (C=O) groups is 1. The van der Waals surface area contributed by atoms with Crippen LogP contribution in [0.5, 0.6) is 0 Å². The van der Waals surface area contributed by atoms with E-state index in [4.69, 9.17) is 28.3 Å². The lowest BCUT2D eigenvalue weighted by Gasteiger charge is -2.09. The Kier molecular flexibility index (Phi) is 5.90. The molecule has 0 aliphatic rings. The normalized spacial score (nSPS) is 11.3. The van der Waals surface area contributed by atoms with Gasteiger partial charge in [-0.15, -0.1) is 11.6 Å². The summed E-state index contributed by atoms with van der Waals surface area (Å²) in [6, 6.07) is 3.93. The zero-order chi connectivity index (χ0) is 14.5. The summed E-state index contributed by atoms with van der Waals surface area (Å²) in [5, 5.41) is 8.94. The fourth-order valence-corrected chi connectivity index (χ4v) is 2.93. The van der Waals surface area contributed by atoms with Crippen molar-refractivity contribution >= 4 is 44.9 Å². The van der Waals surface area contributed by atoms with Crippen molar-refractivity contribution in [3.63, 3.8) is 0 Å². The van der Waals surface area contributed by atoms with E-state index in [0.717, 1.165) is 0 Å². The number of alkyl halides is 1. The van der Waals surface area contributed by atoms with Crippen LogP contribution in [0.1, 0.15) is 23.2 Å². The van der Waals surface area contributed by atoms with E-state index in [2.05, 4.69) is 4.72 Å². The number of aromatic carboxylic acids is 1. The maximum absolute atomic E-state index is 11.7. The summed E-state index contributed by atoms with van der Waals surface area (Å²) in [5.41, 5.74) is 0.0234. The molecule has 0 saturated heterocycles. The van der Waals surface area contributed by atoms with Gasteiger partial charge in [-0.25, -0.2) is 13.2 Å². The highest BCUT2D eigenvalue weighted by Gasteiger charge is 2.13. The standard InChI is InChI=1S/C11H13Cl2NO4S/c12-5-1-2-6-19(17,18)14-8-3-4-10(13)9(7-8)11(15)16/h3-4,7,14H,1-2,5-6H2,(H,15,16). The van der Waals surface area contributed by atoms with Gasteiger partial charge in [-0.3, -0.25) is 4.72 Å². The summed E-state index contributed by atoms with van der Waals surface area (Å²) < 4.78 is 25.7. The fourth-order valence-electron chi connectivity index (χ4n) is 1.37. The van der Waals surface area contributed by atoms with E-state index in [1.807, 2.05) is 0 Å². The molecule has 8 heteroatoms. The van der Waals surface area contributed by atoms with Crippen LogP contribution in [0.15, 0.2) is 18.2 Å². The zero-order valence-electron chi connectivity index (χ0n) is 9.90. The van der Waals surface area contributed by atoms with E-state index in [-0.39, 0.29) is 22.0 Å². The molecule has 0 heterocycles. The Balaban J connectivity index is 2.82. The number of carboxylic acid groups (broad SMARTS) is 1. The minimum atomic E-state index is -3.51. The number of benzene rings is 1. The van der Waals surface area contributed by atoms with E-state index in [9.17, 15) is 13.2 Å². The molecular weight excluding hydrogens is 313 g/mol. The summed E-state index contributed by atoms with van der Waals surface area (Å²) >= 11 is 11.2. The molecule has 2 N–H and O–H groups in total. The minimum absolute atomic E-state index is 0.0533. The van der Waals surface area contributed by atoms with Crippen LogP contribution in [-0.2, 0) is 10.0 Å². The number of unbranched alkanes of at least 4 members (excludes halogenated alkanes) is 1. The van der Waals surface area contributed by atoms with Crippen LogP contribution in [-0.4, -0.2) is 31.1 Å². The van der Waals surface area contributed by atoms with Gasteiger partial charge < -0.3 is 5.11 Å². The Bertz CT molecular complexity index is 560. The summed E-state index contributed by atoms with van der Waals surface area (Å²) in [4.78, 5) is 10.9. The molecular formula is C11H13Cl2NO4S. The highest BCUT2D eigenvalue weighted by Crippen LogP contribution is 2.21. The van der Waals surface area contributed by atoms with Gasteiger partial charge >= 0.3 is 5.97 Å². The lowest BCUT2D eigenvalue weighted by Crippen LogP contribution is -2.17. The van der Waals surface area contributed by atoms with Crippen molar-refractivity contribution in [2.75, 3.05) is 16.4 Å². The van der Waals surface area contributed by atoms with Crippen molar-refractivity contribution in [3.05, 3.63) is 28.8 Å². The Morgan fingerprint density at radius 2 is 2.00 bits per heavy atom. The van der Waals surface area contributed by atoms with Gasteiger partial charge in [0, 0.05) is 11.6 Å². The second-order valence-corrected chi connectivity index (χ2v) is 6.44. The third-order valence-electron chi connectivity index (χ3n) is 2.27. The number of nitrogens with one attached hydrogen (secondary N) is 1. The first-order chi connectivity index (χ1) is 8.85. The minimum Gasteiger partial charge on any atom is -0.478 e. The van der Waals surface area contributed by atoms with Crippen molar-refractivity contribution in [1.82, 2.24) is 0 Å². The Morgan fingerprint density at radius 1 is 1.32 bits per heavy atom. The Hall–Kier alpha value is -0.980. The maximum atomic E-state index is 11.7. The van der Waals surface area contributed by atoms with Crippen molar-refractivity contribution in [3.8, 4) is 0 Å². The molecule has 1 aromatic carbocycles. The van der Waals surface area contributed by atoms with Gasteiger partial charge in [0.05, 0.1) is 16.3 Å². The maximum Gasteiger partial charge on any atom is 0.337 e. The molecule has 1 rings (SSSR count). The summed E-state index contributed by atoms with van der Waals surface area (Å²) in [5.74, 6) is -0.877. The molecule has 0 fully saturated rings. The smallest absolute Gasteiger partial charge is 0.337 e. The largest absolute Gasteiger partial charge is 0.478 e. The summed E-state index contributed by atoms with van der Waals surface area (Å²) in [6.45, 7) is 0. The van der Waals surface area contributed by atoms with Crippen molar-refractivity contribution in [1.29, 1.82) is 0 Å². The lowest BCUT2D eigenvalue weighted by molar-refractivity contribution is 0.0697. The summed E-state index contributed by atoms with van der Waals surface area (Å²) in [7, 11) is -3.51. The van der Waals surface area contributed by atoms with Gasteiger partial charge in [0.15, 0.2) is 0 Å². The second-order valence-electron chi connectivity index (χ2n) is 3.82. The molecule has 0 bridgehead atoms. The fraction of sp³-hybridized carbons (Fsp3) is 0.364. The molecule has 0 saturated carbocycles. The van der Waals surface area contributed by atoms with E-state index < -0.39 is 16.0 Å². The second kappa shape index (κ2) is 6.98. The molecule has 1 aromatic rings. The Morgan fingerprint density at radius 3 is 2.58 bits per heavy atom. The van der Waals surface area contributed by atoms with Crippen LogP contribution in [0.3, 0.4) is 0 Å². The van der Waals surface area contributed by atoms with Crippen LogP contribution in [0.25, 0.3) is 0 Å². The van der Waals surface area contributed by atoms with Crippen LogP contribution >= 0.6 is 23.2 Å². The topological polar surface area (TPSA) is 83.5 Å². The molecule has 106 valence electrons. The van der Waals surface area contributed by atoms with Crippen LogP contribution in [0.2, 0.25) is 5.02 Å². The quantitative estimate of drug-likeness (QED) is 0.596. The molecule has 0 unspecified atom stereocenters. The van der Waals surface area contributed by atoms with E-state index in [1.54, 1.807) is 0 Å². The van der Waals surface area contributed by atoms with Gasteiger partial charge in [-0.2, -0.15) is 0 Å². The van der Waals surface area contributed by atoms with Crippen LogP contribution < -0.4 is 4.72 Å². The first-order valence-corrected chi connectivity index (χ1v) is 8.01.